The molecule has 0 aliphatic rings. The number of benzene rings is 1. The summed E-state index contributed by atoms with van der Waals surface area (Å²) in [6, 6.07) is 8.18. The average Bonchev–Trinajstić information content (AvgIpc) is 3.06. The maximum atomic E-state index is 5.47. The molecule has 6 heteroatoms. The smallest absolute Gasteiger partial charge is 0.239 e. The molecule has 0 aliphatic heterocycles. The van der Waals surface area contributed by atoms with Gasteiger partial charge in [-0.25, -0.2) is 4.68 Å². The molecular weight excluding hydrogens is 252 g/mol. The number of aromatic nitrogens is 5. The van der Waals surface area contributed by atoms with Gasteiger partial charge in [-0.05, 0) is 30.5 Å². The van der Waals surface area contributed by atoms with Crippen LogP contribution in [-0.4, -0.2) is 25.0 Å². The molecule has 102 valence electrons. The van der Waals surface area contributed by atoms with Crippen LogP contribution in [-0.2, 0) is 12.8 Å². The first-order valence-electron chi connectivity index (χ1n) is 6.48. The van der Waals surface area contributed by atoms with Crippen molar-refractivity contribution >= 4 is 5.95 Å². The molecule has 0 saturated heterocycles. The number of H-pyrrole nitrogens is 1. The van der Waals surface area contributed by atoms with Gasteiger partial charge in [0.1, 0.15) is 5.82 Å². The minimum Gasteiger partial charge on any atom is -0.367 e. The van der Waals surface area contributed by atoms with Crippen LogP contribution in [0.15, 0.2) is 36.7 Å². The van der Waals surface area contributed by atoms with E-state index < -0.39 is 0 Å². The van der Waals surface area contributed by atoms with Crippen LogP contribution in [0.5, 0.6) is 0 Å². The summed E-state index contributed by atoms with van der Waals surface area (Å²) in [4.78, 5) is 4.09. The van der Waals surface area contributed by atoms with E-state index in [1.54, 1.807) is 0 Å². The number of nitrogens with one attached hydrogen (secondary N) is 1. The fourth-order valence-corrected chi connectivity index (χ4v) is 2.13. The summed E-state index contributed by atoms with van der Waals surface area (Å²) in [5.41, 5.74) is 8.93. The lowest BCUT2D eigenvalue weighted by Gasteiger charge is -2.04. The third-order valence-electron chi connectivity index (χ3n) is 3.20. The molecule has 0 radical (unpaired) electrons. The molecule has 0 atom stereocenters. The summed E-state index contributed by atoms with van der Waals surface area (Å²) < 4.78 is 1.90. The van der Waals surface area contributed by atoms with Crippen molar-refractivity contribution in [2.75, 3.05) is 5.73 Å². The zero-order chi connectivity index (χ0) is 13.9. The minimum absolute atomic E-state index is 0.288. The first-order valence-corrected chi connectivity index (χ1v) is 6.48. The van der Waals surface area contributed by atoms with Crippen LogP contribution in [0.4, 0.5) is 5.95 Å². The van der Waals surface area contributed by atoms with E-state index in [2.05, 4.69) is 39.3 Å². The van der Waals surface area contributed by atoms with Crippen LogP contribution in [0.1, 0.15) is 17.0 Å². The van der Waals surface area contributed by atoms with Gasteiger partial charge in [0, 0.05) is 12.6 Å². The predicted octanol–water partition coefficient (Wildman–Crippen LogP) is 1.67. The highest BCUT2D eigenvalue weighted by Crippen LogP contribution is 2.13. The zero-order valence-corrected chi connectivity index (χ0v) is 11.2. The average molecular weight is 268 g/mol. The van der Waals surface area contributed by atoms with Gasteiger partial charge in [0.15, 0.2) is 0 Å². The van der Waals surface area contributed by atoms with Crippen LogP contribution in [0.25, 0.3) is 5.69 Å². The molecule has 0 unspecified atom stereocenters. The number of aryl methyl sites for hydroxylation is 3. The summed E-state index contributed by atoms with van der Waals surface area (Å²) in [6.45, 7) is 2.08. The quantitative estimate of drug-likeness (QED) is 0.753. The first kappa shape index (κ1) is 12.4. The Bertz CT molecular complexity index is 712. The van der Waals surface area contributed by atoms with Crippen molar-refractivity contribution in [1.29, 1.82) is 0 Å². The molecule has 3 rings (SSSR count). The molecule has 0 spiro atoms. The number of rotatable bonds is 4. The zero-order valence-electron chi connectivity index (χ0n) is 11.2. The second-order valence-corrected chi connectivity index (χ2v) is 4.72. The fraction of sp³-hybridized carbons (Fsp3) is 0.214. The highest BCUT2D eigenvalue weighted by molar-refractivity contribution is 5.39. The van der Waals surface area contributed by atoms with E-state index in [4.69, 9.17) is 5.73 Å². The molecule has 1 aromatic carbocycles. The summed E-state index contributed by atoms with van der Waals surface area (Å²) in [6.07, 6.45) is 5.54. The summed E-state index contributed by atoms with van der Waals surface area (Å²) >= 11 is 0. The number of aromatic amines is 1. The predicted molar refractivity (Wildman–Crippen MR) is 76.5 cm³/mol. The van der Waals surface area contributed by atoms with Gasteiger partial charge < -0.3 is 5.73 Å². The van der Waals surface area contributed by atoms with E-state index in [1.165, 1.54) is 5.56 Å². The Kier molecular flexibility index (Phi) is 3.20. The number of nitrogens with zero attached hydrogens (tertiary/aromatic N) is 4. The van der Waals surface area contributed by atoms with E-state index in [0.29, 0.717) is 0 Å². The largest absolute Gasteiger partial charge is 0.367 e. The van der Waals surface area contributed by atoms with E-state index in [1.807, 2.05) is 29.2 Å². The number of hydrogen-bond donors (Lipinski definition) is 2. The number of anilines is 1. The third kappa shape index (κ3) is 2.54. The van der Waals surface area contributed by atoms with Crippen molar-refractivity contribution in [3.05, 3.63) is 53.6 Å². The molecule has 20 heavy (non-hydrogen) atoms. The lowest BCUT2D eigenvalue weighted by atomic mass is 10.2. The van der Waals surface area contributed by atoms with E-state index >= 15 is 0 Å². The van der Waals surface area contributed by atoms with Gasteiger partial charge in [-0.2, -0.15) is 10.1 Å². The molecular formula is C14H16N6. The number of para-hydroxylation sites is 1. The highest BCUT2D eigenvalue weighted by atomic mass is 15.3. The molecule has 0 amide bonds. The first-order chi connectivity index (χ1) is 9.72. The standard InChI is InChI=1S/C14H16N6/c1-10-4-2-3-5-12(10)20-9-11(8-16-20)6-7-13-17-14(15)19-18-13/h2-5,8-9H,6-7H2,1H3,(H3,15,17,18,19). The van der Waals surface area contributed by atoms with Gasteiger partial charge >= 0.3 is 0 Å². The molecule has 0 fully saturated rings. The second-order valence-electron chi connectivity index (χ2n) is 4.72. The number of nitrogen functional groups attached to an aromatic ring is 1. The van der Waals surface area contributed by atoms with Crippen LogP contribution >= 0.6 is 0 Å². The summed E-state index contributed by atoms with van der Waals surface area (Å²) in [5, 5.41) is 11.0. The minimum atomic E-state index is 0.288. The Morgan fingerprint density at radius 1 is 1.25 bits per heavy atom. The molecule has 2 heterocycles. The van der Waals surface area contributed by atoms with Crippen molar-refractivity contribution < 1.29 is 0 Å². The highest BCUT2D eigenvalue weighted by Gasteiger charge is 2.05. The van der Waals surface area contributed by atoms with Crippen LogP contribution in [0.2, 0.25) is 0 Å². The van der Waals surface area contributed by atoms with Gasteiger partial charge in [0.05, 0.1) is 11.9 Å². The molecule has 3 aromatic rings. The van der Waals surface area contributed by atoms with Crippen molar-refractivity contribution in [3.8, 4) is 5.69 Å². The summed E-state index contributed by atoms with van der Waals surface area (Å²) in [7, 11) is 0. The SMILES string of the molecule is Cc1ccccc1-n1cc(CCc2nc(N)n[nH]2)cn1. The molecule has 3 N–H and O–H groups in total. The normalized spacial score (nSPS) is 10.8. The Hall–Kier alpha value is -2.63. The number of nitrogens with two attached hydrogens (primary N) is 1. The number of hydrogen-bond acceptors (Lipinski definition) is 4. The van der Waals surface area contributed by atoms with Crippen LogP contribution in [0, 0.1) is 6.92 Å². The maximum Gasteiger partial charge on any atom is 0.239 e. The maximum absolute atomic E-state index is 5.47. The van der Waals surface area contributed by atoms with E-state index in [9.17, 15) is 0 Å². The molecule has 0 aliphatic carbocycles. The second kappa shape index (κ2) is 5.16. The lowest BCUT2D eigenvalue weighted by Crippen LogP contribution is -1.97. The van der Waals surface area contributed by atoms with Crippen molar-refractivity contribution in [3.63, 3.8) is 0 Å². The van der Waals surface area contributed by atoms with Gasteiger partial charge in [-0.1, -0.05) is 18.2 Å². The molecule has 0 bridgehead atoms. The van der Waals surface area contributed by atoms with Crippen LogP contribution < -0.4 is 5.73 Å². The van der Waals surface area contributed by atoms with Gasteiger partial charge in [-0.15, -0.1) is 5.10 Å². The van der Waals surface area contributed by atoms with Gasteiger partial charge in [0.2, 0.25) is 5.95 Å². The Balaban J connectivity index is 1.72. The molecule has 6 nitrogen and oxygen atoms in total. The van der Waals surface area contributed by atoms with Crippen molar-refractivity contribution in [2.45, 2.75) is 19.8 Å². The lowest BCUT2D eigenvalue weighted by molar-refractivity contribution is 0.858. The van der Waals surface area contributed by atoms with Gasteiger partial charge in [0.25, 0.3) is 0 Å². The Morgan fingerprint density at radius 3 is 2.85 bits per heavy atom. The summed E-state index contributed by atoms with van der Waals surface area (Å²) in [5.74, 6) is 1.08. The van der Waals surface area contributed by atoms with Crippen molar-refractivity contribution in [2.24, 2.45) is 0 Å². The van der Waals surface area contributed by atoms with E-state index in [0.717, 1.165) is 29.9 Å². The van der Waals surface area contributed by atoms with Crippen molar-refractivity contribution in [1.82, 2.24) is 25.0 Å². The van der Waals surface area contributed by atoms with Crippen LogP contribution in [0.3, 0.4) is 0 Å². The fourth-order valence-electron chi connectivity index (χ4n) is 2.13. The third-order valence-corrected chi connectivity index (χ3v) is 3.20. The topological polar surface area (TPSA) is 85.4 Å². The Morgan fingerprint density at radius 2 is 2.10 bits per heavy atom. The molecule has 0 saturated carbocycles. The monoisotopic (exact) mass is 268 g/mol. The van der Waals surface area contributed by atoms with E-state index in [-0.39, 0.29) is 5.95 Å². The van der Waals surface area contributed by atoms with Gasteiger partial charge in [-0.3, -0.25) is 5.10 Å². The molecule has 2 aromatic heterocycles. The Labute approximate surface area is 116 Å².